The summed E-state index contributed by atoms with van der Waals surface area (Å²) in [6.45, 7) is 1.04. The van der Waals surface area contributed by atoms with Crippen molar-refractivity contribution >= 4 is 27.6 Å². The van der Waals surface area contributed by atoms with Gasteiger partial charge < -0.3 is 4.74 Å². The van der Waals surface area contributed by atoms with Crippen LogP contribution in [0.25, 0.3) is 0 Å². The van der Waals surface area contributed by atoms with E-state index in [1.165, 1.54) is 22.7 Å². The van der Waals surface area contributed by atoms with Crippen LogP contribution in [0.15, 0.2) is 58.5 Å². The van der Waals surface area contributed by atoms with Gasteiger partial charge in [0.25, 0.3) is 5.69 Å². The number of hydrogen-bond acceptors (Lipinski definition) is 7. The third-order valence-electron chi connectivity index (χ3n) is 3.97. The van der Waals surface area contributed by atoms with Gasteiger partial charge in [0.2, 0.25) is 10.0 Å². The first-order chi connectivity index (χ1) is 13.0. The van der Waals surface area contributed by atoms with E-state index in [-0.39, 0.29) is 29.4 Å². The van der Waals surface area contributed by atoms with Gasteiger partial charge in [-0.25, -0.2) is 8.42 Å². The summed E-state index contributed by atoms with van der Waals surface area (Å²) in [6.07, 6.45) is 1.52. The zero-order chi connectivity index (χ0) is 19.3. The van der Waals surface area contributed by atoms with E-state index in [4.69, 9.17) is 4.74 Å². The van der Waals surface area contributed by atoms with E-state index in [0.717, 1.165) is 11.6 Å². The molecule has 1 saturated heterocycles. The van der Waals surface area contributed by atoms with Gasteiger partial charge in [-0.1, -0.05) is 30.3 Å². The maximum Gasteiger partial charge on any atom is 0.295 e. The molecule has 1 aliphatic rings. The normalized spacial score (nSPS) is 15.7. The van der Waals surface area contributed by atoms with Crippen LogP contribution in [0.1, 0.15) is 5.56 Å². The number of rotatable bonds is 6. The van der Waals surface area contributed by atoms with Crippen LogP contribution in [-0.2, 0) is 14.8 Å². The summed E-state index contributed by atoms with van der Waals surface area (Å²) in [5.41, 5.74) is 3.16. The van der Waals surface area contributed by atoms with Crippen LogP contribution in [0.2, 0.25) is 0 Å². The van der Waals surface area contributed by atoms with Crippen molar-refractivity contribution in [3.8, 4) is 0 Å². The maximum absolute atomic E-state index is 12.7. The smallest absolute Gasteiger partial charge is 0.295 e. The number of anilines is 1. The number of hydrazone groups is 1. The minimum Gasteiger partial charge on any atom is -0.379 e. The fraction of sp³-hybridized carbons (Fsp3) is 0.235. The summed E-state index contributed by atoms with van der Waals surface area (Å²) in [4.78, 5) is 10.6. The Morgan fingerprint density at radius 1 is 1.15 bits per heavy atom. The molecule has 0 saturated carbocycles. The van der Waals surface area contributed by atoms with Gasteiger partial charge in [-0.3, -0.25) is 15.5 Å². The van der Waals surface area contributed by atoms with E-state index < -0.39 is 14.9 Å². The fourth-order valence-corrected chi connectivity index (χ4v) is 4.00. The number of nitrogens with zero attached hydrogens (tertiary/aromatic N) is 3. The summed E-state index contributed by atoms with van der Waals surface area (Å²) >= 11 is 0. The summed E-state index contributed by atoms with van der Waals surface area (Å²) in [5, 5.41) is 15.4. The van der Waals surface area contributed by atoms with Crippen LogP contribution >= 0.6 is 0 Å². The topological polar surface area (TPSA) is 114 Å². The molecule has 0 aromatic heterocycles. The quantitative estimate of drug-likeness (QED) is 0.459. The van der Waals surface area contributed by atoms with Crippen molar-refractivity contribution in [1.82, 2.24) is 4.31 Å². The number of nitro groups is 1. The van der Waals surface area contributed by atoms with Crippen molar-refractivity contribution in [2.24, 2.45) is 5.10 Å². The number of nitrogens with one attached hydrogen (secondary N) is 1. The monoisotopic (exact) mass is 390 g/mol. The predicted octanol–water partition coefficient (Wildman–Crippen LogP) is 2.06. The largest absolute Gasteiger partial charge is 0.379 e. The molecule has 2 aromatic rings. The predicted molar refractivity (Wildman–Crippen MR) is 100 cm³/mol. The molecular formula is C17H18N4O5S. The fourth-order valence-electron chi connectivity index (χ4n) is 2.57. The summed E-state index contributed by atoms with van der Waals surface area (Å²) in [5.74, 6) is 0. The highest BCUT2D eigenvalue weighted by Gasteiger charge is 2.28. The minimum absolute atomic E-state index is 0.105. The van der Waals surface area contributed by atoms with Crippen LogP contribution in [-0.4, -0.2) is 50.2 Å². The molecule has 1 fully saturated rings. The molecule has 142 valence electrons. The van der Waals surface area contributed by atoms with Crippen molar-refractivity contribution < 1.29 is 18.1 Å². The molecule has 0 bridgehead atoms. The van der Waals surface area contributed by atoms with E-state index in [1.807, 2.05) is 30.3 Å². The molecule has 1 aliphatic heterocycles. The third-order valence-corrected chi connectivity index (χ3v) is 5.87. The summed E-state index contributed by atoms with van der Waals surface area (Å²) < 4.78 is 31.8. The lowest BCUT2D eigenvalue weighted by atomic mass is 10.2. The number of hydrogen-bond donors (Lipinski definition) is 1. The molecule has 1 N–H and O–H groups in total. The van der Waals surface area contributed by atoms with Crippen LogP contribution in [0.3, 0.4) is 0 Å². The Balaban J connectivity index is 1.84. The lowest BCUT2D eigenvalue weighted by Gasteiger charge is -2.26. The first kappa shape index (κ1) is 19.0. The van der Waals surface area contributed by atoms with Gasteiger partial charge in [-0.05, 0) is 17.7 Å². The van der Waals surface area contributed by atoms with Crippen molar-refractivity contribution in [3.05, 3.63) is 64.2 Å². The lowest BCUT2D eigenvalue weighted by Crippen LogP contribution is -2.40. The van der Waals surface area contributed by atoms with Crippen molar-refractivity contribution in [1.29, 1.82) is 0 Å². The molecule has 0 radical (unpaired) electrons. The second-order valence-electron chi connectivity index (χ2n) is 5.73. The van der Waals surface area contributed by atoms with Gasteiger partial charge in [-0.15, -0.1) is 0 Å². The zero-order valence-electron chi connectivity index (χ0n) is 14.3. The molecule has 3 rings (SSSR count). The number of morpholine rings is 1. The van der Waals surface area contributed by atoms with Crippen LogP contribution in [0, 0.1) is 10.1 Å². The average molecular weight is 390 g/mol. The summed E-state index contributed by atoms with van der Waals surface area (Å²) in [6, 6.07) is 12.9. The Hall–Kier alpha value is -2.82. The summed E-state index contributed by atoms with van der Waals surface area (Å²) in [7, 11) is -3.82. The Labute approximate surface area is 156 Å². The Kier molecular flexibility index (Phi) is 5.79. The molecule has 0 atom stereocenters. The highest BCUT2D eigenvalue weighted by molar-refractivity contribution is 7.89. The lowest BCUT2D eigenvalue weighted by molar-refractivity contribution is -0.384. The van der Waals surface area contributed by atoms with Gasteiger partial charge in [0, 0.05) is 19.2 Å². The first-order valence-corrected chi connectivity index (χ1v) is 9.63. The van der Waals surface area contributed by atoms with Gasteiger partial charge in [0.1, 0.15) is 5.69 Å². The molecule has 1 heterocycles. The molecule has 0 spiro atoms. The van der Waals surface area contributed by atoms with Crippen molar-refractivity contribution in [3.63, 3.8) is 0 Å². The van der Waals surface area contributed by atoms with Crippen molar-refractivity contribution in [2.45, 2.75) is 4.90 Å². The van der Waals surface area contributed by atoms with E-state index in [0.29, 0.717) is 13.2 Å². The standard InChI is InChI=1S/C17H18N4O5S/c22-21(23)17-12-15(27(24,25)20-8-10-26-11-9-20)6-7-16(17)19-18-13-14-4-2-1-3-5-14/h1-7,12-13,19H,8-11H2/b18-13-. The number of benzene rings is 2. The van der Waals surface area contributed by atoms with Crippen LogP contribution in [0.4, 0.5) is 11.4 Å². The molecule has 9 nitrogen and oxygen atoms in total. The highest BCUT2D eigenvalue weighted by atomic mass is 32.2. The van der Waals surface area contributed by atoms with Gasteiger partial charge in [0.05, 0.1) is 29.2 Å². The van der Waals surface area contributed by atoms with Crippen LogP contribution in [0.5, 0.6) is 0 Å². The van der Waals surface area contributed by atoms with E-state index >= 15 is 0 Å². The second kappa shape index (κ2) is 8.25. The Bertz CT molecular complexity index is 941. The Morgan fingerprint density at radius 2 is 1.85 bits per heavy atom. The van der Waals surface area contributed by atoms with Gasteiger partial charge in [0.15, 0.2) is 0 Å². The maximum atomic E-state index is 12.7. The molecule has 0 aliphatic carbocycles. The molecule has 10 heteroatoms. The zero-order valence-corrected chi connectivity index (χ0v) is 15.1. The highest BCUT2D eigenvalue weighted by Crippen LogP contribution is 2.29. The average Bonchev–Trinajstić information content (AvgIpc) is 2.69. The van der Waals surface area contributed by atoms with E-state index in [2.05, 4.69) is 10.5 Å². The minimum atomic E-state index is -3.82. The SMILES string of the molecule is O=[N+]([O-])c1cc(S(=O)(=O)N2CCOCC2)ccc1N/N=C\c1ccccc1. The molecule has 2 aromatic carbocycles. The molecule has 0 amide bonds. The molecule has 0 unspecified atom stereocenters. The van der Waals surface area contributed by atoms with Crippen molar-refractivity contribution in [2.75, 3.05) is 31.7 Å². The first-order valence-electron chi connectivity index (χ1n) is 8.19. The Morgan fingerprint density at radius 3 is 2.52 bits per heavy atom. The molecular weight excluding hydrogens is 372 g/mol. The molecule has 27 heavy (non-hydrogen) atoms. The third kappa shape index (κ3) is 4.48. The van der Waals surface area contributed by atoms with E-state index in [1.54, 1.807) is 0 Å². The van der Waals surface area contributed by atoms with Gasteiger partial charge in [-0.2, -0.15) is 9.41 Å². The number of ether oxygens (including phenoxy) is 1. The van der Waals surface area contributed by atoms with E-state index in [9.17, 15) is 18.5 Å². The second-order valence-corrected chi connectivity index (χ2v) is 7.67. The van der Waals surface area contributed by atoms with Gasteiger partial charge >= 0.3 is 0 Å². The number of nitro benzene ring substituents is 1. The number of sulfonamides is 1. The van der Waals surface area contributed by atoms with Crippen LogP contribution < -0.4 is 5.43 Å².